The lowest BCUT2D eigenvalue weighted by molar-refractivity contribution is -0.136. The van der Waals surface area contributed by atoms with Crippen molar-refractivity contribution in [1.29, 1.82) is 0 Å². The van der Waals surface area contributed by atoms with Gasteiger partial charge in [-0.3, -0.25) is 19.0 Å². The van der Waals surface area contributed by atoms with E-state index in [1.54, 1.807) is 27.8 Å². The molecule has 134 valence electrons. The highest BCUT2D eigenvalue weighted by molar-refractivity contribution is 6.39. The maximum absolute atomic E-state index is 12.0. The van der Waals surface area contributed by atoms with E-state index in [0.29, 0.717) is 31.7 Å². The molecule has 0 aliphatic rings. The van der Waals surface area contributed by atoms with Crippen LogP contribution in [0.25, 0.3) is 0 Å². The van der Waals surface area contributed by atoms with E-state index in [1.165, 1.54) is 0 Å². The molecule has 2 aromatic heterocycles. The Morgan fingerprint density at radius 3 is 2.46 bits per heavy atom. The normalized spacial score (nSPS) is 10.5. The molecule has 2 N–H and O–H groups in total. The van der Waals surface area contributed by atoms with E-state index in [4.69, 9.17) is 0 Å². The summed E-state index contributed by atoms with van der Waals surface area (Å²) in [5, 5.41) is 13.5. The van der Waals surface area contributed by atoms with Crippen LogP contribution in [-0.4, -0.2) is 37.9 Å². The summed E-state index contributed by atoms with van der Waals surface area (Å²) in [6.45, 7) is 1.69. The van der Waals surface area contributed by atoms with Crippen LogP contribution >= 0.6 is 0 Å². The summed E-state index contributed by atoms with van der Waals surface area (Å²) in [7, 11) is 0. The fourth-order valence-corrected chi connectivity index (χ4v) is 2.47. The first kappa shape index (κ1) is 17.4. The Bertz CT molecular complexity index is 842. The molecule has 2 amide bonds. The van der Waals surface area contributed by atoms with Gasteiger partial charge in [-0.2, -0.15) is 10.2 Å². The zero-order chi connectivity index (χ0) is 18.2. The Hall–Kier alpha value is -3.42. The molecule has 0 saturated heterocycles. The van der Waals surface area contributed by atoms with Crippen molar-refractivity contribution in [2.75, 3.05) is 11.9 Å². The van der Waals surface area contributed by atoms with Gasteiger partial charge in [-0.05, 0) is 36.2 Å². The van der Waals surface area contributed by atoms with Crippen LogP contribution in [0.3, 0.4) is 0 Å². The molecule has 26 heavy (non-hydrogen) atoms. The lowest BCUT2D eigenvalue weighted by Gasteiger charge is -2.08. The molecule has 8 heteroatoms. The van der Waals surface area contributed by atoms with Gasteiger partial charge in [0, 0.05) is 43.6 Å². The highest BCUT2D eigenvalue weighted by atomic mass is 16.2. The SMILES string of the molecule is O=C(NCCCn1cccn1)C(=O)Nc1cccc(Cn2cccn2)c1. The van der Waals surface area contributed by atoms with Crippen molar-refractivity contribution in [1.82, 2.24) is 24.9 Å². The third kappa shape index (κ3) is 5.04. The van der Waals surface area contributed by atoms with Gasteiger partial charge >= 0.3 is 11.8 Å². The maximum atomic E-state index is 12.0. The van der Waals surface area contributed by atoms with E-state index in [-0.39, 0.29) is 0 Å². The van der Waals surface area contributed by atoms with Crippen LogP contribution in [0.4, 0.5) is 5.69 Å². The van der Waals surface area contributed by atoms with Crippen LogP contribution < -0.4 is 10.6 Å². The number of benzene rings is 1. The van der Waals surface area contributed by atoms with Crippen molar-refractivity contribution in [3.05, 3.63) is 66.7 Å². The molecule has 0 radical (unpaired) electrons. The summed E-state index contributed by atoms with van der Waals surface area (Å²) >= 11 is 0. The summed E-state index contributed by atoms with van der Waals surface area (Å²) in [4.78, 5) is 23.9. The summed E-state index contributed by atoms with van der Waals surface area (Å²) in [5.41, 5.74) is 1.55. The molecule has 0 unspecified atom stereocenters. The van der Waals surface area contributed by atoms with Crippen LogP contribution in [0.1, 0.15) is 12.0 Å². The van der Waals surface area contributed by atoms with Gasteiger partial charge in [0.25, 0.3) is 0 Å². The first-order valence-corrected chi connectivity index (χ1v) is 8.34. The Labute approximate surface area is 150 Å². The van der Waals surface area contributed by atoms with Crippen LogP contribution in [0.15, 0.2) is 61.2 Å². The number of amides is 2. The third-order valence-corrected chi connectivity index (χ3v) is 3.70. The average molecular weight is 352 g/mol. The number of nitrogens with one attached hydrogen (secondary N) is 2. The van der Waals surface area contributed by atoms with E-state index in [1.807, 2.05) is 42.7 Å². The van der Waals surface area contributed by atoms with Crippen LogP contribution in [0.5, 0.6) is 0 Å². The van der Waals surface area contributed by atoms with E-state index >= 15 is 0 Å². The van der Waals surface area contributed by atoms with Gasteiger partial charge in [0.1, 0.15) is 0 Å². The quantitative estimate of drug-likeness (QED) is 0.495. The molecule has 3 aromatic rings. The first-order chi connectivity index (χ1) is 12.7. The molecule has 8 nitrogen and oxygen atoms in total. The van der Waals surface area contributed by atoms with Crippen LogP contribution in [-0.2, 0) is 22.7 Å². The predicted molar refractivity (Wildman–Crippen MR) is 96.3 cm³/mol. The fraction of sp³-hybridized carbons (Fsp3) is 0.222. The Balaban J connectivity index is 1.45. The van der Waals surface area contributed by atoms with Crippen LogP contribution in [0, 0.1) is 0 Å². The van der Waals surface area contributed by atoms with E-state index in [2.05, 4.69) is 20.8 Å². The molecule has 0 fully saturated rings. The van der Waals surface area contributed by atoms with E-state index in [9.17, 15) is 9.59 Å². The van der Waals surface area contributed by atoms with E-state index in [0.717, 1.165) is 5.56 Å². The van der Waals surface area contributed by atoms with Gasteiger partial charge < -0.3 is 10.6 Å². The Kier molecular flexibility index (Phi) is 5.76. The maximum Gasteiger partial charge on any atom is 0.313 e. The number of nitrogens with zero attached hydrogens (tertiary/aromatic N) is 4. The zero-order valence-corrected chi connectivity index (χ0v) is 14.2. The Morgan fingerprint density at radius 1 is 0.962 bits per heavy atom. The third-order valence-electron chi connectivity index (χ3n) is 3.70. The molecule has 3 rings (SSSR count). The molecule has 0 atom stereocenters. The molecule has 1 aromatic carbocycles. The van der Waals surface area contributed by atoms with Gasteiger partial charge in [-0.25, -0.2) is 0 Å². The highest BCUT2D eigenvalue weighted by Gasteiger charge is 2.13. The minimum atomic E-state index is -0.680. The second-order valence-corrected chi connectivity index (χ2v) is 5.74. The summed E-state index contributed by atoms with van der Waals surface area (Å²) in [5.74, 6) is -1.33. The van der Waals surface area contributed by atoms with Gasteiger partial charge in [-0.1, -0.05) is 12.1 Å². The first-order valence-electron chi connectivity index (χ1n) is 8.34. The second-order valence-electron chi connectivity index (χ2n) is 5.74. The van der Waals surface area contributed by atoms with Gasteiger partial charge in [0.2, 0.25) is 0 Å². The standard InChI is InChI=1S/C18H20N6O2/c25-17(19-7-2-10-23-11-3-8-20-23)18(26)22-16-6-1-5-15(13-16)14-24-12-4-9-21-24/h1,3-6,8-9,11-13H,2,7,10,14H2,(H,19,25)(H,22,26). The minimum Gasteiger partial charge on any atom is -0.348 e. The number of hydrogen-bond acceptors (Lipinski definition) is 4. The largest absolute Gasteiger partial charge is 0.348 e. The molecule has 0 bridgehead atoms. The molecule has 2 heterocycles. The number of aryl methyl sites for hydroxylation is 1. The molecule has 0 aliphatic heterocycles. The number of carbonyl (C=O) groups is 2. The van der Waals surface area contributed by atoms with Crippen molar-refractivity contribution in [2.24, 2.45) is 0 Å². The van der Waals surface area contributed by atoms with Crippen molar-refractivity contribution in [2.45, 2.75) is 19.5 Å². The number of anilines is 1. The highest BCUT2D eigenvalue weighted by Crippen LogP contribution is 2.11. The van der Waals surface area contributed by atoms with E-state index < -0.39 is 11.8 Å². The average Bonchev–Trinajstić information content (AvgIpc) is 3.33. The minimum absolute atomic E-state index is 0.408. The lowest BCUT2D eigenvalue weighted by atomic mass is 10.2. The summed E-state index contributed by atoms with van der Waals surface area (Å²) in [6, 6.07) is 11.0. The lowest BCUT2D eigenvalue weighted by Crippen LogP contribution is -2.36. The van der Waals surface area contributed by atoms with Crippen LogP contribution in [0.2, 0.25) is 0 Å². The number of hydrogen-bond donors (Lipinski definition) is 2. The molecule has 0 aliphatic carbocycles. The number of rotatable bonds is 7. The second kappa shape index (κ2) is 8.61. The van der Waals surface area contributed by atoms with Crippen molar-refractivity contribution in [3.8, 4) is 0 Å². The van der Waals surface area contributed by atoms with Gasteiger partial charge in [0.15, 0.2) is 0 Å². The predicted octanol–water partition coefficient (Wildman–Crippen LogP) is 1.27. The van der Waals surface area contributed by atoms with Gasteiger partial charge in [0.05, 0.1) is 6.54 Å². The van der Waals surface area contributed by atoms with Crippen molar-refractivity contribution in [3.63, 3.8) is 0 Å². The van der Waals surface area contributed by atoms with Crippen molar-refractivity contribution >= 4 is 17.5 Å². The molecular weight excluding hydrogens is 332 g/mol. The molecule has 0 spiro atoms. The summed E-state index contributed by atoms with van der Waals surface area (Å²) in [6.07, 6.45) is 7.82. The zero-order valence-electron chi connectivity index (χ0n) is 14.2. The molecular formula is C18H20N6O2. The Morgan fingerprint density at radius 2 is 1.73 bits per heavy atom. The smallest absolute Gasteiger partial charge is 0.313 e. The topological polar surface area (TPSA) is 93.8 Å². The van der Waals surface area contributed by atoms with Gasteiger partial charge in [-0.15, -0.1) is 0 Å². The molecule has 0 saturated carbocycles. The monoisotopic (exact) mass is 352 g/mol. The fourth-order valence-electron chi connectivity index (χ4n) is 2.47. The number of carbonyl (C=O) groups excluding carboxylic acids is 2. The van der Waals surface area contributed by atoms with Crippen molar-refractivity contribution < 1.29 is 9.59 Å². The number of aromatic nitrogens is 4. The summed E-state index contributed by atoms with van der Waals surface area (Å²) < 4.78 is 3.56.